The summed E-state index contributed by atoms with van der Waals surface area (Å²) in [7, 11) is 0. The van der Waals surface area contributed by atoms with Crippen LogP contribution in [0.15, 0.2) is 65.8 Å². The van der Waals surface area contributed by atoms with Crippen LogP contribution in [0.3, 0.4) is 0 Å². The van der Waals surface area contributed by atoms with E-state index in [1.54, 1.807) is 37.3 Å². The van der Waals surface area contributed by atoms with Gasteiger partial charge in [0.1, 0.15) is 0 Å². The van der Waals surface area contributed by atoms with Gasteiger partial charge in [-0.05, 0) is 36.3 Å². The maximum absolute atomic E-state index is 12.4. The first-order chi connectivity index (χ1) is 15.0. The molecule has 160 valence electrons. The first-order valence-corrected chi connectivity index (χ1v) is 10.2. The van der Waals surface area contributed by atoms with Crippen LogP contribution in [0.2, 0.25) is 0 Å². The number of benzene rings is 2. The zero-order valence-corrected chi connectivity index (χ0v) is 17.4. The molecule has 0 saturated heterocycles. The molecule has 0 atom stereocenters. The molecule has 3 rings (SSSR count). The van der Waals surface area contributed by atoms with E-state index < -0.39 is 5.97 Å². The smallest absolute Gasteiger partial charge is 0.330 e. The van der Waals surface area contributed by atoms with Crippen LogP contribution in [0.5, 0.6) is 0 Å². The molecule has 1 N–H and O–H groups in total. The van der Waals surface area contributed by atoms with Crippen LogP contribution < -0.4 is 5.32 Å². The number of carbonyl (C=O) groups excluding carboxylic acids is 3. The summed E-state index contributed by atoms with van der Waals surface area (Å²) in [5.74, 6) is -0.807. The fourth-order valence-electron chi connectivity index (χ4n) is 3.08. The summed E-state index contributed by atoms with van der Waals surface area (Å²) in [5.41, 5.74) is 3.32. The lowest BCUT2D eigenvalue weighted by Crippen LogP contribution is -2.24. The summed E-state index contributed by atoms with van der Waals surface area (Å²) >= 11 is 0. The molecule has 7 nitrogen and oxygen atoms in total. The molecule has 2 aromatic rings. The molecule has 0 aliphatic carbocycles. The molecule has 0 fully saturated rings. The summed E-state index contributed by atoms with van der Waals surface area (Å²) in [5, 5.41) is 8.62. The van der Waals surface area contributed by atoms with Crippen LogP contribution in [0, 0.1) is 0 Å². The van der Waals surface area contributed by atoms with E-state index in [0.717, 1.165) is 16.8 Å². The summed E-state index contributed by atoms with van der Waals surface area (Å²) in [6.45, 7) is 2.61. The predicted octanol–water partition coefficient (Wildman–Crippen LogP) is 3.62. The van der Waals surface area contributed by atoms with Gasteiger partial charge < -0.3 is 10.1 Å². The molecular formula is C24H25N3O4. The topological polar surface area (TPSA) is 88.1 Å². The van der Waals surface area contributed by atoms with Gasteiger partial charge in [-0.1, -0.05) is 42.5 Å². The summed E-state index contributed by atoms with van der Waals surface area (Å²) in [6.07, 6.45) is 3.88. The maximum Gasteiger partial charge on any atom is 0.330 e. The molecular weight excluding hydrogens is 394 g/mol. The minimum atomic E-state index is -0.400. The summed E-state index contributed by atoms with van der Waals surface area (Å²) < 4.78 is 4.83. The van der Waals surface area contributed by atoms with Crippen LogP contribution in [-0.2, 0) is 19.1 Å². The standard InChI is InChI=1S/C24H25N3O4/c1-2-31-24(30)15-10-18-8-11-20(12-9-18)25-22(28)13-14-23(29)27-17-16-21(26-27)19-6-4-3-5-7-19/h3-12,15H,2,13-14,16-17H2,1H3,(H,25,28)/b15-10+. The van der Waals surface area contributed by atoms with Gasteiger partial charge in [0.05, 0.1) is 18.9 Å². The molecule has 2 aromatic carbocycles. The molecule has 1 heterocycles. The molecule has 0 bridgehead atoms. The lowest BCUT2D eigenvalue weighted by atomic mass is 10.1. The second kappa shape index (κ2) is 10.9. The molecule has 2 amide bonds. The molecule has 0 spiro atoms. The van der Waals surface area contributed by atoms with E-state index in [1.807, 2.05) is 30.3 Å². The second-order valence-electron chi connectivity index (χ2n) is 6.94. The van der Waals surface area contributed by atoms with Gasteiger partial charge in [-0.2, -0.15) is 5.10 Å². The van der Waals surface area contributed by atoms with Gasteiger partial charge >= 0.3 is 5.97 Å². The van der Waals surface area contributed by atoms with Crippen molar-refractivity contribution < 1.29 is 19.1 Å². The van der Waals surface area contributed by atoms with Crippen LogP contribution in [0.25, 0.3) is 6.08 Å². The van der Waals surface area contributed by atoms with Crippen molar-refractivity contribution in [3.8, 4) is 0 Å². The Morgan fingerprint density at radius 1 is 1.06 bits per heavy atom. The molecule has 1 aliphatic rings. The molecule has 0 aromatic heterocycles. The number of carbonyl (C=O) groups is 3. The minimum absolute atomic E-state index is 0.0794. The fraction of sp³-hybridized carbons (Fsp3) is 0.250. The minimum Gasteiger partial charge on any atom is -0.463 e. The van der Waals surface area contributed by atoms with Crippen LogP contribution in [0.1, 0.15) is 37.3 Å². The molecule has 0 saturated carbocycles. The zero-order chi connectivity index (χ0) is 22.1. The molecule has 1 aliphatic heterocycles. The van der Waals surface area contributed by atoms with E-state index >= 15 is 0 Å². The highest BCUT2D eigenvalue weighted by Crippen LogP contribution is 2.16. The first-order valence-electron chi connectivity index (χ1n) is 10.2. The van der Waals surface area contributed by atoms with Crippen molar-refractivity contribution >= 4 is 35.3 Å². The van der Waals surface area contributed by atoms with Crippen molar-refractivity contribution in [1.82, 2.24) is 5.01 Å². The molecule has 7 heteroatoms. The van der Waals surface area contributed by atoms with E-state index in [1.165, 1.54) is 11.1 Å². The number of nitrogens with zero attached hydrogens (tertiary/aromatic N) is 2. The molecule has 31 heavy (non-hydrogen) atoms. The second-order valence-corrected chi connectivity index (χ2v) is 6.94. The third-order valence-electron chi connectivity index (χ3n) is 4.66. The van der Waals surface area contributed by atoms with Crippen molar-refractivity contribution in [2.45, 2.75) is 26.2 Å². The predicted molar refractivity (Wildman–Crippen MR) is 119 cm³/mol. The Bertz CT molecular complexity index is 982. The Balaban J connectivity index is 1.45. The summed E-state index contributed by atoms with van der Waals surface area (Å²) in [6, 6.07) is 16.8. The van der Waals surface area contributed by atoms with Crippen molar-refractivity contribution in [2.24, 2.45) is 5.10 Å². The first kappa shape index (κ1) is 22.0. The normalized spacial score (nSPS) is 13.2. The lowest BCUT2D eigenvalue weighted by Gasteiger charge is -2.11. The maximum atomic E-state index is 12.4. The van der Waals surface area contributed by atoms with Gasteiger partial charge in [0.25, 0.3) is 0 Å². The number of nitrogens with one attached hydrogen (secondary N) is 1. The Morgan fingerprint density at radius 2 is 1.81 bits per heavy atom. The van der Waals surface area contributed by atoms with Crippen LogP contribution in [0.4, 0.5) is 5.69 Å². The average Bonchev–Trinajstić information content (AvgIpc) is 3.28. The van der Waals surface area contributed by atoms with Gasteiger partial charge in [0, 0.05) is 31.0 Å². The fourth-order valence-corrected chi connectivity index (χ4v) is 3.08. The highest BCUT2D eigenvalue weighted by molar-refractivity contribution is 6.02. The van der Waals surface area contributed by atoms with Gasteiger partial charge in [-0.15, -0.1) is 0 Å². The number of hydrogen-bond donors (Lipinski definition) is 1. The quantitative estimate of drug-likeness (QED) is 0.523. The molecule has 0 radical (unpaired) electrons. The van der Waals surface area contributed by atoms with E-state index in [4.69, 9.17) is 4.74 Å². The van der Waals surface area contributed by atoms with Gasteiger partial charge in [-0.3, -0.25) is 9.59 Å². The van der Waals surface area contributed by atoms with Crippen molar-refractivity contribution in [3.05, 3.63) is 71.8 Å². The van der Waals surface area contributed by atoms with Crippen molar-refractivity contribution in [3.63, 3.8) is 0 Å². The van der Waals surface area contributed by atoms with Crippen LogP contribution >= 0.6 is 0 Å². The zero-order valence-electron chi connectivity index (χ0n) is 17.4. The number of hydrazone groups is 1. The number of anilines is 1. The summed E-state index contributed by atoms with van der Waals surface area (Å²) in [4.78, 5) is 35.9. The third kappa shape index (κ3) is 6.64. The van der Waals surface area contributed by atoms with E-state index in [2.05, 4.69) is 10.4 Å². The van der Waals surface area contributed by atoms with E-state index in [0.29, 0.717) is 25.3 Å². The van der Waals surface area contributed by atoms with E-state index in [-0.39, 0.29) is 24.7 Å². The number of hydrogen-bond acceptors (Lipinski definition) is 5. The Hall–Kier alpha value is -3.74. The van der Waals surface area contributed by atoms with Crippen molar-refractivity contribution in [2.75, 3.05) is 18.5 Å². The Kier molecular flexibility index (Phi) is 7.70. The van der Waals surface area contributed by atoms with Gasteiger partial charge in [-0.25, -0.2) is 9.80 Å². The van der Waals surface area contributed by atoms with Crippen LogP contribution in [-0.4, -0.2) is 41.7 Å². The van der Waals surface area contributed by atoms with Gasteiger partial charge in [0.2, 0.25) is 11.8 Å². The Morgan fingerprint density at radius 3 is 2.52 bits per heavy atom. The average molecular weight is 419 g/mol. The number of ether oxygens (including phenoxy) is 1. The third-order valence-corrected chi connectivity index (χ3v) is 4.66. The largest absolute Gasteiger partial charge is 0.463 e. The van der Waals surface area contributed by atoms with E-state index in [9.17, 15) is 14.4 Å². The van der Waals surface area contributed by atoms with Crippen molar-refractivity contribution in [1.29, 1.82) is 0 Å². The number of rotatable bonds is 8. The lowest BCUT2D eigenvalue weighted by molar-refractivity contribution is -0.137. The number of esters is 1. The highest BCUT2D eigenvalue weighted by atomic mass is 16.5. The van der Waals surface area contributed by atoms with Gasteiger partial charge in [0.15, 0.2) is 0 Å². The Labute approximate surface area is 181 Å². The number of amides is 2. The highest BCUT2D eigenvalue weighted by Gasteiger charge is 2.21. The molecule has 0 unspecified atom stereocenters. The monoisotopic (exact) mass is 419 g/mol. The SMILES string of the molecule is CCOC(=O)/C=C/c1ccc(NC(=O)CCC(=O)N2CCC(c3ccccc3)=N2)cc1.